The molecule has 196 valence electrons. The van der Waals surface area contributed by atoms with Crippen LogP contribution in [-0.2, 0) is 16.2 Å². The minimum atomic E-state index is -0.664. The summed E-state index contributed by atoms with van der Waals surface area (Å²) in [4.78, 5) is 38.6. The molecule has 0 spiro atoms. The standard InChI is InChI=1S/C26H18Cl2F2N2O5S/c1-36-21-8-5-14(9-22(21)37-13-16-17(27)3-2-4-19(16)29)10-23-25(34)32(26(35)38-23)12-24(33)31-15-6-7-20(30)18(28)11-15/h2-11H,12-13H2,1H3,(H,31,33)/b23-10+. The number of carbonyl (C=O) groups excluding carboxylic acids is 3. The number of methoxy groups -OCH3 is 1. The molecule has 3 aromatic carbocycles. The van der Waals surface area contributed by atoms with E-state index < -0.39 is 35.2 Å². The number of amides is 3. The molecule has 1 fully saturated rings. The Morgan fingerprint density at radius 2 is 1.82 bits per heavy atom. The van der Waals surface area contributed by atoms with Gasteiger partial charge in [0.25, 0.3) is 11.1 Å². The summed E-state index contributed by atoms with van der Waals surface area (Å²) >= 11 is 12.4. The van der Waals surface area contributed by atoms with Crippen molar-refractivity contribution in [2.75, 3.05) is 19.0 Å². The largest absolute Gasteiger partial charge is 0.493 e. The number of nitrogens with one attached hydrogen (secondary N) is 1. The number of anilines is 1. The number of hydrogen-bond donors (Lipinski definition) is 1. The van der Waals surface area contributed by atoms with Crippen LogP contribution in [0, 0.1) is 11.6 Å². The first kappa shape index (κ1) is 27.4. The minimum absolute atomic E-state index is 0.0842. The number of benzene rings is 3. The molecule has 38 heavy (non-hydrogen) atoms. The van der Waals surface area contributed by atoms with E-state index in [0.717, 1.165) is 11.0 Å². The van der Waals surface area contributed by atoms with Crippen molar-refractivity contribution in [1.29, 1.82) is 0 Å². The van der Waals surface area contributed by atoms with Gasteiger partial charge >= 0.3 is 0 Å². The molecule has 0 saturated carbocycles. The van der Waals surface area contributed by atoms with Crippen LogP contribution in [0.4, 0.5) is 19.3 Å². The molecule has 1 N–H and O–H groups in total. The average molecular weight is 579 g/mol. The van der Waals surface area contributed by atoms with Crippen molar-refractivity contribution in [2.45, 2.75) is 6.61 Å². The minimum Gasteiger partial charge on any atom is -0.493 e. The molecule has 0 unspecified atom stereocenters. The molecular weight excluding hydrogens is 561 g/mol. The van der Waals surface area contributed by atoms with Crippen LogP contribution in [0.2, 0.25) is 10.0 Å². The van der Waals surface area contributed by atoms with Crippen molar-refractivity contribution in [2.24, 2.45) is 0 Å². The van der Waals surface area contributed by atoms with Gasteiger partial charge in [-0.15, -0.1) is 0 Å². The van der Waals surface area contributed by atoms with Crippen molar-refractivity contribution in [1.82, 2.24) is 4.90 Å². The zero-order chi connectivity index (χ0) is 27.4. The number of nitrogens with zero attached hydrogens (tertiary/aromatic N) is 1. The third-order valence-corrected chi connectivity index (χ3v) is 6.85. The number of imide groups is 1. The van der Waals surface area contributed by atoms with E-state index in [1.54, 1.807) is 24.3 Å². The zero-order valence-corrected chi connectivity index (χ0v) is 21.9. The molecule has 0 bridgehead atoms. The lowest BCUT2D eigenvalue weighted by Crippen LogP contribution is -2.36. The van der Waals surface area contributed by atoms with Gasteiger partial charge in [0.1, 0.15) is 24.8 Å². The fourth-order valence-electron chi connectivity index (χ4n) is 3.42. The maximum absolute atomic E-state index is 14.1. The van der Waals surface area contributed by atoms with E-state index in [-0.39, 0.29) is 38.6 Å². The highest BCUT2D eigenvalue weighted by Crippen LogP contribution is 2.35. The van der Waals surface area contributed by atoms with Crippen LogP contribution in [0.1, 0.15) is 11.1 Å². The van der Waals surface area contributed by atoms with Gasteiger partial charge in [0, 0.05) is 11.3 Å². The molecule has 1 saturated heterocycles. The van der Waals surface area contributed by atoms with Crippen LogP contribution in [0.15, 0.2) is 59.5 Å². The van der Waals surface area contributed by atoms with Gasteiger partial charge in [-0.3, -0.25) is 19.3 Å². The third kappa shape index (κ3) is 6.27. The van der Waals surface area contributed by atoms with E-state index in [4.69, 9.17) is 32.7 Å². The molecule has 12 heteroatoms. The Labute approximate surface area is 230 Å². The number of ether oxygens (including phenoxy) is 2. The molecule has 1 aliphatic heterocycles. The Balaban J connectivity index is 1.47. The van der Waals surface area contributed by atoms with E-state index >= 15 is 0 Å². The summed E-state index contributed by atoms with van der Waals surface area (Å²) < 4.78 is 38.5. The lowest BCUT2D eigenvalue weighted by molar-refractivity contribution is -0.127. The van der Waals surface area contributed by atoms with Gasteiger partial charge in [0.2, 0.25) is 5.91 Å². The topological polar surface area (TPSA) is 84.9 Å². The lowest BCUT2D eigenvalue weighted by Gasteiger charge is -2.13. The molecule has 0 aromatic heterocycles. The number of rotatable bonds is 8. The van der Waals surface area contributed by atoms with Gasteiger partial charge in [0.05, 0.1) is 22.1 Å². The van der Waals surface area contributed by atoms with Gasteiger partial charge in [-0.25, -0.2) is 8.78 Å². The molecule has 1 aliphatic rings. The highest BCUT2D eigenvalue weighted by atomic mass is 35.5. The first-order valence-electron chi connectivity index (χ1n) is 10.9. The quantitative estimate of drug-likeness (QED) is 0.306. The van der Waals surface area contributed by atoms with E-state index in [9.17, 15) is 23.2 Å². The highest BCUT2D eigenvalue weighted by Gasteiger charge is 2.36. The predicted molar refractivity (Wildman–Crippen MR) is 141 cm³/mol. The van der Waals surface area contributed by atoms with E-state index in [2.05, 4.69) is 5.32 Å². The van der Waals surface area contributed by atoms with Gasteiger partial charge in [-0.05, 0) is 65.9 Å². The SMILES string of the molecule is COc1ccc(/C=C2/SC(=O)N(CC(=O)Nc3ccc(F)c(Cl)c3)C2=O)cc1OCc1c(F)cccc1Cl. The molecule has 7 nitrogen and oxygen atoms in total. The van der Waals surface area contributed by atoms with Crippen molar-refractivity contribution in [3.8, 4) is 11.5 Å². The third-order valence-electron chi connectivity index (χ3n) is 5.30. The van der Waals surface area contributed by atoms with Crippen LogP contribution in [-0.4, -0.2) is 35.6 Å². The Bertz CT molecular complexity index is 1450. The summed E-state index contributed by atoms with van der Waals surface area (Å²) in [6.07, 6.45) is 1.46. The van der Waals surface area contributed by atoms with E-state index in [1.807, 2.05) is 0 Å². The zero-order valence-electron chi connectivity index (χ0n) is 19.6. The van der Waals surface area contributed by atoms with Crippen molar-refractivity contribution >= 4 is 63.8 Å². The second-order valence-electron chi connectivity index (χ2n) is 7.84. The maximum Gasteiger partial charge on any atom is 0.294 e. The summed E-state index contributed by atoms with van der Waals surface area (Å²) in [5.41, 5.74) is 0.881. The molecule has 3 aromatic rings. The highest BCUT2D eigenvalue weighted by molar-refractivity contribution is 8.18. The van der Waals surface area contributed by atoms with Gasteiger partial charge in [0.15, 0.2) is 11.5 Å². The Morgan fingerprint density at radius 1 is 1.03 bits per heavy atom. The summed E-state index contributed by atoms with van der Waals surface area (Å²) in [6, 6.07) is 12.7. The van der Waals surface area contributed by atoms with Crippen LogP contribution in [0.25, 0.3) is 6.08 Å². The first-order chi connectivity index (χ1) is 18.2. The molecule has 0 radical (unpaired) electrons. The smallest absolute Gasteiger partial charge is 0.294 e. The summed E-state index contributed by atoms with van der Waals surface area (Å²) in [5.74, 6) is -1.87. The fourth-order valence-corrected chi connectivity index (χ4v) is 4.66. The second-order valence-corrected chi connectivity index (χ2v) is 9.65. The molecule has 0 atom stereocenters. The number of carbonyl (C=O) groups is 3. The maximum atomic E-state index is 14.1. The van der Waals surface area contributed by atoms with Gasteiger partial charge < -0.3 is 14.8 Å². The number of thioether (sulfide) groups is 1. The Morgan fingerprint density at radius 3 is 2.53 bits per heavy atom. The van der Waals surface area contributed by atoms with E-state index in [1.165, 1.54) is 37.5 Å². The summed E-state index contributed by atoms with van der Waals surface area (Å²) in [5, 5.41) is 1.86. The fraction of sp³-hybridized carbons (Fsp3) is 0.115. The monoisotopic (exact) mass is 578 g/mol. The Kier molecular flexibility index (Phi) is 8.55. The first-order valence-corrected chi connectivity index (χ1v) is 12.5. The van der Waals surface area contributed by atoms with Gasteiger partial charge in [-0.2, -0.15) is 0 Å². The molecule has 3 amide bonds. The van der Waals surface area contributed by atoms with Crippen molar-refractivity contribution in [3.05, 3.63) is 92.3 Å². The molecule has 0 aliphatic carbocycles. The van der Waals surface area contributed by atoms with E-state index in [0.29, 0.717) is 23.1 Å². The second kappa shape index (κ2) is 11.8. The number of halogens is 4. The van der Waals surface area contributed by atoms with Crippen LogP contribution in [0.3, 0.4) is 0 Å². The predicted octanol–water partition coefficient (Wildman–Crippen LogP) is 6.53. The average Bonchev–Trinajstić information content (AvgIpc) is 3.13. The van der Waals surface area contributed by atoms with Crippen LogP contribution < -0.4 is 14.8 Å². The van der Waals surface area contributed by atoms with Crippen molar-refractivity contribution < 1.29 is 32.6 Å². The molecule has 1 heterocycles. The van der Waals surface area contributed by atoms with Crippen LogP contribution >= 0.6 is 35.0 Å². The lowest BCUT2D eigenvalue weighted by atomic mass is 10.1. The Hall–Kier alpha value is -3.60. The number of hydrogen-bond acceptors (Lipinski definition) is 6. The molecule has 4 rings (SSSR count). The van der Waals surface area contributed by atoms with Gasteiger partial charge in [-0.1, -0.05) is 35.3 Å². The summed E-state index contributed by atoms with van der Waals surface area (Å²) in [7, 11) is 1.44. The molecular formula is C26H18Cl2F2N2O5S. The summed E-state index contributed by atoms with van der Waals surface area (Å²) in [6.45, 7) is -0.715. The normalized spacial score (nSPS) is 14.2. The van der Waals surface area contributed by atoms with Crippen molar-refractivity contribution in [3.63, 3.8) is 0 Å². The van der Waals surface area contributed by atoms with Crippen LogP contribution in [0.5, 0.6) is 11.5 Å².